The van der Waals surface area contributed by atoms with Gasteiger partial charge in [0.25, 0.3) is 0 Å². The van der Waals surface area contributed by atoms with Crippen molar-refractivity contribution in [2.75, 3.05) is 17.6 Å². The number of hydrogen-bond donors (Lipinski definition) is 5. The van der Waals surface area contributed by atoms with Gasteiger partial charge in [0.05, 0.1) is 11.8 Å². The zero-order valence-electron chi connectivity index (χ0n) is 12.9. The molecule has 0 radical (unpaired) electrons. The molecule has 0 bridgehead atoms. The molecule has 23 heavy (non-hydrogen) atoms. The van der Waals surface area contributed by atoms with Crippen molar-refractivity contribution >= 4 is 23.7 Å². The summed E-state index contributed by atoms with van der Waals surface area (Å²) in [5, 5.41) is 30.3. The summed E-state index contributed by atoms with van der Waals surface area (Å²) in [7, 11) is 0. The number of pyridine rings is 1. The fourth-order valence-corrected chi connectivity index (χ4v) is 3.53. The van der Waals surface area contributed by atoms with Crippen LogP contribution in [0.4, 0.5) is 10.6 Å². The van der Waals surface area contributed by atoms with Crippen molar-refractivity contribution in [1.82, 2.24) is 10.3 Å². The molecule has 0 amide bonds. The molecule has 1 fully saturated rings. The average Bonchev–Trinajstić information content (AvgIpc) is 2.54. The molecule has 128 valence electrons. The molecular weight excluding hydrogens is 318 g/mol. The number of aliphatic hydroxyl groups is 1. The highest BCUT2D eigenvalue weighted by atomic mass is 32.2. The van der Waals surface area contributed by atoms with Crippen LogP contribution in [-0.2, 0) is 6.54 Å². The van der Waals surface area contributed by atoms with Crippen LogP contribution in [0.15, 0.2) is 17.0 Å². The van der Waals surface area contributed by atoms with Crippen LogP contribution in [0.3, 0.4) is 0 Å². The quantitative estimate of drug-likeness (QED) is 0.568. The van der Waals surface area contributed by atoms with Crippen molar-refractivity contribution in [3.63, 3.8) is 0 Å². The molecule has 0 spiro atoms. The van der Waals surface area contributed by atoms with Crippen LogP contribution in [0.25, 0.3) is 0 Å². The van der Waals surface area contributed by atoms with E-state index in [-0.39, 0.29) is 6.10 Å². The van der Waals surface area contributed by atoms with Crippen molar-refractivity contribution < 1.29 is 20.1 Å². The summed E-state index contributed by atoms with van der Waals surface area (Å²) in [6, 6.07) is 4.81. The normalized spacial score (nSPS) is 23.0. The maximum absolute atomic E-state index is 9.49. The minimum atomic E-state index is -1.83. The van der Waals surface area contributed by atoms with E-state index in [9.17, 15) is 5.11 Å². The number of aliphatic hydroxyl groups excluding tert-OH is 1. The number of nitrogens with zero attached hydrogens (tertiary/aromatic N) is 1. The third kappa shape index (κ3) is 6.25. The van der Waals surface area contributed by atoms with E-state index in [0.29, 0.717) is 6.04 Å². The van der Waals surface area contributed by atoms with Crippen molar-refractivity contribution in [2.24, 2.45) is 0 Å². The van der Waals surface area contributed by atoms with Crippen molar-refractivity contribution in [2.45, 2.75) is 49.3 Å². The summed E-state index contributed by atoms with van der Waals surface area (Å²) < 4.78 is 0. The van der Waals surface area contributed by atoms with E-state index in [2.05, 4.69) is 27.8 Å². The first kappa shape index (κ1) is 17.8. The number of rotatable bonds is 3. The van der Waals surface area contributed by atoms with Crippen molar-refractivity contribution in [3.8, 4) is 0 Å². The van der Waals surface area contributed by atoms with Gasteiger partial charge in [0.2, 0.25) is 0 Å². The van der Waals surface area contributed by atoms with Gasteiger partial charge in [-0.3, -0.25) is 0 Å². The van der Waals surface area contributed by atoms with Crippen LogP contribution in [0.5, 0.6) is 0 Å². The summed E-state index contributed by atoms with van der Waals surface area (Å²) >= 11 is 1.87. The fraction of sp³-hybridized carbons (Fsp3) is 0.600. The molecule has 3 rings (SSSR count). The minimum Gasteiger partial charge on any atom is -0.450 e. The molecule has 1 aromatic rings. The third-order valence-electron chi connectivity index (χ3n) is 3.84. The smallest absolute Gasteiger partial charge is 0.450 e. The molecule has 0 saturated heterocycles. The summed E-state index contributed by atoms with van der Waals surface area (Å²) in [6.45, 7) is 1.82. The Kier molecular flexibility index (Phi) is 6.94. The molecule has 1 saturated carbocycles. The lowest BCUT2D eigenvalue weighted by atomic mass is 9.93. The van der Waals surface area contributed by atoms with Crippen LogP contribution in [0, 0.1) is 0 Å². The standard InChI is InChI=1S/C14H21N3OS.CH2O3/c18-12-4-1-10(2-5-12)16-9-11-3-6-13-14(17-11)15-7-8-19-13;2-1(3)4/h3,6,10,12,16,18H,1-2,4-5,7-9H2,(H,15,17);(H2,2,3,4). The topological polar surface area (TPSA) is 115 Å². The van der Waals surface area contributed by atoms with E-state index >= 15 is 0 Å². The van der Waals surface area contributed by atoms with Gasteiger partial charge in [0, 0.05) is 29.8 Å². The Morgan fingerprint density at radius 1 is 1.30 bits per heavy atom. The second-order valence-corrected chi connectivity index (χ2v) is 6.73. The molecule has 2 aliphatic rings. The van der Waals surface area contributed by atoms with E-state index < -0.39 is 6.16 Å². The van der Waals surface area contributed by atoms with E-state index in [1.54, 1.807) is 0 Å². The van der Waals surface area contributed by atoms with Crippen LogP contribution in [0.2, 0.25) is 0 Å². The van der Waals surface area contributed by atoms with Gasteiger partial charge < -0.3 is 26.0 Å². The summed E-state index contributed by atoms with van der Waals surface area (Å²) in [5.74, 6) is 2.16. The molecule has 7 nitrogen and oxygen atoms in total. The molecule has 8 heteroatoms. The summed E-state index contributed by atoms with van der Waals surface area (Å²) in [5.41, 5.74) is 1.10. The number of carboxylic acid groups (broad SMARTS) is 2. The number of anilines is 1. The molecule has 0 unspecified atom stereocenters. The Labute approximate surface area is 139 Å². The first-order chi connectivity index (χ1) is 11.0. The van der Waals surface area contributed by atoms with Crippen molar-refractivity contribution in [1.29, 1.82) is 0 Å². The zero-order chi connectivity index (χ0) is 16.7. The van der Waals surface area contributed by atoms with E-state index in [1.807, 2.05) is 11.8 Å². The lowest BCUT2D eigenvalue weighted by Crippen LogP contribution is -2.34. The average molecular weight is 341 g/mol. The number of nitrogens with one attached hydrogen (secondary N) is 2. The molecule has 1 aliphatic heterocycles. The summed E-state index contributed by atoms with van der Waals surface area (Å²) in [4.78, 5) is 14.5. The molecule has 2 heterocycles. The highest BCUT2D eigenvalue weighted by Crippen LogP contribution is 2.29. The van der Waals surface area contributed by atoms with E-state index in [0.717, 1.165) is 56.0 Å². The largest absolute Gasteiger partial charge is 0.503 e. The molecule has 1 aromatic heterocycles. The molecule has 5 N–H and O–H groups in total. The van der Waals surface area contributed by atoms with Crippen LogP contribution < -0.4 is 10.6 Å². The number of carbonyl (C=O) groups is 1. The maximum atomic E-state index is 9.49. The number of aromatic nitrogens is 1. The van der Waals surface area contributed by atoms with Gasteiger partial charge >= 0.3 is 6.16 Å². The highest BCUT2D eigenvalue weighted by Gasteiger charge is 2.19. The first-order valence-electron chi connectivity index (χ1n) is 7.74. The maximum Gasteiger partial charge on any atom is 0.503 e. The third-order valence-corrected chi connectivity index (χ3v) is 4.89. The number of thioether (sulfide) groups is 1. The fourth-order valence-electron chi connectivity index (χ4n) is 2.69. The predicted molar refractivity (Wildman–Crippen MR) is 89.2 cm³/mol. The zero-order valence-corrected chi connectivity index (χ0v) is 13.7. The summed E-state index contributed by atoms with van der Waals surface area (Å²) in [6.07, 6.45) is 2.07. The van der Waals surface area contributed by atoms with Gasteiger partial charge in [0.15, 0.2) is 0 Å². The van der Waals surface area contributed by atoms with Crippen LogP contribution >= 0.6 is 11.8 Å². The van der Waals surface area contributed by atoms with Gasteiger partial charge in [-0.15, -0.1) is 11.8 Å². The number of hydrogen-bond acceptors (Lipinski definition) is 6. The highest BCUT2D eigenvalue weighted by molar-refractivity contribution is 7.99. The Hall–Kier alpha value is -1.51. The van der Waals surface area contributed by atoms with Gasteiger partial charge in [0.1, 0.15) is 5.82 Å². The predicted octanol–water partition coefficient (Wildman–Crippen LogP) is 2.21. The Morgan fingerprint density at radius 2 is 2.00 bits per heavy atom. The lowest BCUT2D eigenvalue weighted by Gasteiger charge is -2.26. The monoisotopic (exact) mass is 341 g/mol. The Balaban J connectivity index is 0.000000433. The van der Waals surface area contributed by atoms with Gasteiger partial charge in [-0.1, -0.05) is 0 Å². The molecule has 0 atom stereocenters. The van der Waals surface area contributed by atoms with Gasteiger partial charge in [-0.2, -0.15) is 0 Å². The van der Waals surface area contributed by atoms with Crippen LogP contribution in [-0.4, -0.2) is 50.9 Å². The first-order valence-corrected chi connectivity index (χ1v) is 8.73. The molecule has 1 aliphatic carbocycles. The van der Waals surface area contributed by atoms with E-state index in [4.69, 9.17) is 15.0 Å². The van der Waals surface area contributed by atoms with E-state index in [1.165, 1.54) is 4.90 Å². The Morgan fingerprint density at radius 3 is 2.70 bits per heavy atom. The lowest BCUT2D eigenvalue weighted by molar-refractivity contribution is 0.116. The van der Waals surface area contributed by atoms with Crippen molar-refractivity contribution in [3.05, 3.63) is 17.8 Å². The number of fused-ring (bicyclic) bond motifs is 1. The van der Waals surface area contributed by atoms with Gasteiger partial charge in [-0.25, -0.2) is 9.78 Å². The Bertz CT molecular complexity index is 517. The minimum absolute atomic E-state index is 0.0823. The molecular formula is C15H23N3O4S. The van der Waals surface area contributed by atoms with Gasteiger partial charge in [-0.05, 0) is 37.8 Å². The van der Waals surface area contributed by atoms with Crippen LogP contribution in [0.1, 0.15) is 31.4 Å². The second kappa shape index (κ2) is 8.95. The second-order valence-electron chi connectivity index (χ2n) is 5.59. The molecule has 0 aromatic carbocycles. The SMILES string of the molecule is O=C(O)O.OC1CCC(NCc2ccc3c(n2)NCCS3)CC1.